The predicted molar refractivity (Wildman–Crippen MR) is 53.0 cm³/mol. The molecule has 1 heterocycles. The number of carbonyl (C=O) groups is 1. The van der Waals surface area contributed by atoms with E-state index in [4.69, 9.17) is 9.47 Å². The van der Waals surface area contributed by atoms with E-state index in [1.807, 2.05) is 27.7 Å². The first kappa shape index (κ1) is 11.3. The van der Waals surface area contributed by atoms with Crippen molar-refractivity contribution >= 4 is 6.09 Å². The van der Waals surface area contributed by atoms with E-state index >= 15 is 0 Å². The van der Waals surface area contributed by atoms with Gasteiger partial charge in [0.15, 0.2) is 0 Å². The van der Waals surface area contributed by atoms with Crippen LogP contribution in [0.25, 0.3) is 0 Å². The molecular weight excluding hydrogens is 182 g/mol. The Bertz CT molecular complexity index is 202. The van der Waals surface area contributed by atoms with Crippen LogP contribution in [-0.4, -0.2) is 36.0 Å². The molecule has 0 aromatic rings. The fourth-order valence-electron chi connectivity index (χ4n) is 1.17. The molecule has 0 aromatic carbocycles. The van der Waals surface area contributed by atoms with Gasteiger partial charge in [-0.25, -0.2) is 4.79 Å². The third-order valence-electron chi connectivity index (χ3n) is 1.97. The Hall–Kier alpha value is -0.770. The van der Waals surface area contributed by atoms with E-state index in [0.717, 1.165) is 13.0 Å². The van der Waals surface area contributed by atoms with Crippen LogP contribution < -0.4 is 0 Å². The molecule has 1 amide bonds. The van der Waals surface area contributed by atoms with Gasteiger partial charge in [-0.1, -0.05) is 0 Å². The van der Waals surface area contributed by atoms with Gasteiger partial charge in [0, 0.05) is 6.54 Å². The van der Waals surface area contributed by atoms with Crippen LogP contribution in [0.2, 0.25) is 0 Å². The summed E-state index contributed by atoms with van der Waals surface area (Å²) in [7, 11) is 0. The van der Waals surface area contributed by atoms with E-state index in [1.54, 1.807) is 4.90 Å². The zero-order chi connectivity index (χ0) is 10.8. The average molecular weight is 201 g/mol. The molecule has 1 saturated heterocycles. The van der Waals surface area contributed by atoms with Crippen molar-refractivity contribution in [2.24, 2.45) is 0 Å². The smallest absolute Gasteiger partial charge is 0.412 e. The van der Waals surface area contributed by atoms with Crippen molar-refractivity contribution in [1.82, 2.24) is 4.90 Å². The van der Waals surface area contributed by atoms with Crippen molar-refractivity contribution in [2.45, 2.75) is 45.8 Å². The lowest BCUT2D eigenvalue weighted by Crippen LogP contribution is -2.43. The van der Waals surface area contributed by atoms with E-state index in [-0.39, 0.29) is 12.2 Å². The fourth-order valence-corrected chi connectivity index (χ4v) is 1.17. The van der Waals surface area contributed by atoms with E-state index in [2.05, 4.69) is 0 Å². The number of hydrogen-bond acceptors (Lipinski definition) is 3. The first-order chi connectivity index (χ1) is 6.38. The van der Waals surface area contributed by atoms with E-state index in [1.165, 1.54) is 0 Å². The Morgan fingerprint density at radius 3 is 2.57 bits per heavy atom. The van der Waals surface area contributed by atoms with Crippen molar-refractivity contribution < 1.29 is 14.3 Å². The Morgan fingerprint density at radius 2 is 2.14 bits per heavy atom. The van der Waals surface area contributed by atoms with Crippen LogP contribution in [0.5, 0.6) is 0 Å². The number of hydrogen-bond donors (Lipinski definition) is 0. The van der Waals surface area contributed by atoms with Crippen LogP contribution in [0.1, 0.15) is 34.1 Å². The molecule has 1 atom stereocenters. The van der Waals surface area contributed by atoms with Crippen LogP contribution in [0.4, 0.5) is 4.79 Å². The Morgan fingerprint density at radius 1 is 1.50 bits per heavy atom. The summed E-state index contributed by atoms with van der Waals surface area (Å²) in [6.07, 6.45) is 0.831. The lowest BCUT2D eigenvalue weighted by Gasteiger charge is -2.32. The normalized spacial score (nSPS) is 23.4. The van der Waals surface area contributed by atoms with Crippen molar-refractivity contribution in [1.29, 1.82) is 0 Å². The fraction of sp³-hybridized carbons (Fsp3) is 0.900. The molecule has 1 aliphatic rings. The molecule has 1 rings (SSSR count). The molecule has 0 radical (unpaired) electrons. The van der Waals surface area contributed by atoms with Gasteiger partial charge in [-0.05, 0) is 34.1 Å². The molecule has 1 unspecified atom stereocenters. The van der Waals surface area contributed by atoms with E-state index < -0.39 is 5.60 Å². The summed E-state index contributed by atoms with van der Waals surface area (Å²) < 4.78 is 10.6. The zero-order valence-electron chi connectivity index (χ0n) is 9.37. The monoisotopic (exact) mass is 201 g/mol. The summed E-state index contributed by atoms with van der Waals surface area (Å²) in [6.45, 7) is 8.65. The Labute approximate surface area is 85.2 Å². The SMILES string of the molecule is CC1CCN(C(=O)OC(C)(C)C)CO1. The second kappa shape index (κ2) is 4.17. The highest BCUT2D eigenvalue weighted by molar-refractivity contribution is 5.68. The molecule has 0 aromatic heterocycles. The first-order valence-corrected chi connectivity index (χ1v) is 4.98. The maximum absolute atomic E-state index is 11.5. The molecule has 14 heavy (non-hydrogen) atoms. The highest BCUT2D eigenvalue weighted by Crippen LogP contribution is 2.14. The summed E-state index contributed by atoms with van der Waals surface area (Å²) >= 11 is 0. The predicted octanol–water partition coefficient (Wildman–Crippen LogP) is 1.99. The molecule has 0 N–H and O–H groups in total. The first-order valence-electron chi connectivity index (χ1n) is 4.98. The number of amides is 1. The lowest BCUT2D eigenvalue weighted by atomic mass is 10.2. The van der Waals surface area contributed by atoms with E-state index in [0.29, 0.717) is 6.73 Å². The van der Waals surface area contributed by atoms with Crippen molar-refractivity contribution in [2.75, 3.05) is 13.3 Å². The van der Waals surface area contributed by atoms with Crippen LogP contribution in [0, 0.1) is 0 Å². The second-order valence-corrected chi connectivity index (χ2v) is 4.64. The Kier molecular flexibility index (Phi) is 3.37. The van der Waals surface area contributed by atoms with Gasteiger partial charge >= 0.3 is 6.09 Å². The highest BCUT2D eigenvalue weighted by Gasteiger charge is 2.25. The van der Waals surface area contributed by atoms with Gasteiger partial charge in [0.05, 0.1) is 6.10 Å². The number of carbonyl (C=O) groups excluding carboxylic acids is 1. The summed E-state index contributed by atoms with van der Waals surface area (Å²) in [5.74, 6) is 0. The highest BCUT2D eigenvalue weighted by atomic mass is 16.6. The molecule has 82 valence electrons. The van der Waals surface area contributed by atoms with Crippen LogP contribution >= 0.6 is 0 Å². The second-order valence-electron chi connectivity index (χ2n) is 4.64. The van der Waals surface area contributed by atoms with Crippen molar-refractivity contribution in [3.05, 3.63) is 0 Å². The standard InChI is InChI=1S/C10H19NO3/c1-8-5-6-11(7-13-8)9(12)14-10(2,3)4/h8H,5-7H2,1-4H3. The molecule has 1 fully saturated rings. The number of nitrogens with zero attached hydrogens (tertiary/aromatic N) is 1. The molecule has 0 saturated carbocycles. The van der Waals surface area contributed by atoms with Gasteiger partial charge in [0.1, 0.15) is 12.3 Å². The summed E-state index contributed by atoms with van der Waals surface area (Å²) in [5, 5.41) is 0. The third kappa shape index (κ3) is 3.54. The maximum atomic E-state index is 11.5. The third-order valence-corrected chi connectivity index (χ3v) is 1.97. The van der Waals surface area contributed by atoms with Crippen LogP contribution in [-0.2, 0) is 9.47 Å². The molecule has 1 aliphatic heterocycles. The minimum atomic E-state index is -0.430. The average Bonchev–Trinajstić information content (AvgIpc) is 2.02. The minimum absolute atomic E-state index is 0.244. The minimum Gasteiger partial charge on any atom is -0.444 e. The Balaban J connectivity index is 2.38. The lowest BCUT2D eigenvalue weighted by molar-refractivity contribution is -0.0666. The van der Waals surface area contributed by atoms with Gasteiger partial charge in [0.25, 0.3) is 0 Å². The molecule has 0 bridgehead atoms. The largest absolute Gasteiger partial charge is 0.444 e. The summed E-state index contributed by atoms with van der Waals surface area (Å²) in [5.41, 5.74) is -0.430. The molecule has 0 spiro atoms. The summed E-state index contributed by atoms with van der Waals surface area (Å²) in [4.78, 5) is 13.1. The van der Waals surface area contributed by atoms with Gasteiger partial charge in [-0.2, -0.15) is 0 Å². The van der Waals surface area contributed by atoms with Crippen molar-refractivity contribution in [3.8, 4) is 0 Å². The molecule has 4 nitrogen and oxygen atoms in total. The molecule has 4 heteroatoms. The summed E-state index contributed by atoms with van der Waals surface area (Å²) in [6, 6.07) is 0. The van der Waals surface area contributed by atoms with Crippen LogP contribution in [0.15, 0.2) is 0 Å². The van der Waals surface area contributed by atoms with Gasteiger partial charge in [-0.15, -0.1) is 0 Å². The number of rotatable bonds is 0. The quantitative estimate of drug-likeness (QED) is 0.601. The topological polar surface area (TPSA) is 38.8 Å². The van der Waals surface area contributed by atoms with E-state index in [9.17, 15) is 4.79 Å². The van der Waals surface area contributed by atoms with Crippen LogP contribution in [0.3, 0.4) is 0 Å². The van der Waals surface area contributed by atoms with Crippen molar-refractivity contribution in [3.63, 3.8) is 0 Å². The van der Waals surface area contributed by atoms with Gasteiger partial charge in [0.2, 0.25) is 0 Å². The molecule has 0 aliphatic carbocycles. The van der Waals surface area contributed by atoms with Gasteiger partial charge in [-0.3, -0.25) is 4.90 Å². The maximum Gasteiger partial charge on any atom is 0.412 e. The molecular formula is C10H19NO3. The zero-order valence-corrected chi connectivity index (χ0v) is 9.37. The van der Waals surface area contributed by atoms with Gasteiger partial charge < -0.3 is 9.47 Å². The number of ether oxygens (including phenoxy) is 2.